The number of carbonyl (C=O) groups is 1. The van der Waals surface area contributed by atoms with Gasteiger partial charge in [-0.05, 0) is 44.2 Å². The number of imidazole rings is 1. The van der Waals surface area contributed by atoms with Gasteiger partial charge in [-0.2, -0.15) is 0 Å². The van der Waals surface area contributed by atoms with Crippen molar-refractivity contribution in [1.29, 1.82) is 0 Å². The number of hydrogen-bond donors (Lipinski definition) is 0. The fourth-order valence-corrected chi connectivity index (χ4v) is 4.02. The molecule has 2 aromatic heterocycles. The highest BCUT2D eigenvalue weighted by Crippen LogP contribution is 2.39. The van der Waals surface area contributed by atoms with Crippen LogP contribution in [0.2, 0.25) is 0 Å². The number of fused-ring (bicyclic) bond motifs is 1. The van der Waals surface area contributed by atoms with Crippen LogP contribution in [-0.2, 0) is 4.79 Å². The first kappa shape index (κ1) is 16.3. The Hall–Kier alpha value is -2.17. The third kappa shape index (κ3) is 3.08. The highest BCUT2D eigenvalue weighted by Gasteiger charge is 2.31. The Kier molecular flexibility index (Phi) is 4.55. The summed E-state index contributed by atoms with van der Waals surface area (Å²) in [6.07, 6.45) is 10.8. The number of aromatic nitrogens is 3. The van der Waals surface area contributed by atoms with Crippen molar-refractivity contribution in [3.05, 3.63) is 36.8 Å². The highest BCUT2D eigenvalue weighted by molar-refractivity contribution is 5.76. The SMILES string of the molecule is C=CCCC(=O)N1CCC(n2c(C3CCC3)nc3cccnc32)CC1. The maximum atomic E-state index is 12.2. The van der Waals surface area contributed by atoms with Crippen molar-refractivity contribution < 1.29 is 4.79 Å². The second-order valence-corrected chi connectivity index (χ2v) is 7.25. The van der Waals surface area contributed by atoms with Crippen LogP contribution in [0.5, 0.6) is 0 Å². The molecule has 1 aliphatic carbocycles. The average Bonchev–Trinajstić information content (AvgIpc) is 2.97. The van der Waals surface area contributed by atoms with Crippen LogP contribution in [0.4, 0.5) is 0 Å². The van der Waals surface area contributed by atoms with Gasteiger partial charge in [0.15, 0.2) is 5.65 Å². The molecule has 2 fully saturated rings. The number of amides is 1. The molecule has 1 saturated carbocycles. The fourth-order valence-electron chi connectivity index (χ4n) is 4.02. The number of pyridine rings is 1. The van der Waals surface area contributed by atoms with Gasteiger partial charge in [-0.15, -0.1) is 6.58 Å². The zero-order valence-electron chi connectivity index (χ0n) is 14.7. The highest BCUT2D eigenvalue weighted by atomic mass is 16.2. The first-order valence-corrected chi connectivity index (χ1v) is 9.49. The summed E-state index contributed by atoms with van der Waals surface area (Å²) >= 11 is 0. The summed E-state index contributed by atoms with van der Waals surface area (Å²) in [5, 5.41) is 0. The van der Waals surface area contributed by atoms with E-state index in [1.54, 1.807) is 0 Å². The topological polar surface area (TPSA) is 51.0 Å². The minimum Gasteiger partial charge on any atom is -0.343 e. The summed E-state index contributed by atoms with van der Waals surface area (Å²) in [6, 6.07) is 4.43. The number of nitrogens with zero attached hydrogens (tertiary/aromatic N) is 4. The molecule has 0 atom stereocenters. The molecular weight excluding hydrogens is 312 g/mol. The van der Waals surface area contributed by atoms with E-state index in [4.69, 9.17) is 4.98 Å². The van der Waals surface area contributed by atoms with Crippen LogP contribution in [0.25, 0.3) is 11.2 Å². The molecule has 4 rings (SSSR count). The van der Waals surface area contributed by atoms with Gasteiger partial charge >= 0.3 is 0 Å². The summed E-state index contributed by atoms with van der Waals surface area (Å²) in [7, 11) is 0. The smallest absolute Gasteiger partial charge is 0.222 e. The minimum absolute atomic E-state index is 0.256. The number of allylic oxidation sites excluding steroid dienone is 1. The maximum Gasteiger partial charge on any atom is 0.222 e. The molecule has 2 aromatic rings. The fraction of sp³-hybridized carbons (Fsp3) is 0.550. The molecular formula is C20H26N4O. The first-order valence-electron chi connectivity index (χ1n) is 9.49. The first-order chi connectivity index (χ1) is 12.3. The Balaban J connectivity index is 1.54. The van der Waals surface area contributed by atoms with Crippen molar-refractivity contribution in [2.75, 3.05) is 13.1 Å². The van der Waals surface area contributed by atoms with E-state index in [9.17, 15) is 4.79 Å². The lowest BCUT2D eigenvalue weighted by atomic mass is 9.84. The molecule has 0 spiro atoms. The Bertz CT molecular complexity index is 769. The van der Waals surface area contributed by atoms with Crippen LogP contribution in [0.1, 0.15) is 62.7 Å². The molecule has 0 radical (unpaired) electrons. The third-order valence-corrected chi connectivity index (χ3v) is 5.69. The molecule has 1 amide bonds. The molecule has 3 heterocycles. The van der Waals surface area contributed by atoms with Crippen LogP contribution >= 0.6 is 0 Å². The molecule has 0 N–H and O–H groups in total. The molecule has 0 bridgehead atoms. The standard InChI is InChI=1S/C20H26N4O/c1-2-3-9-18(25)23-13-10-16(11-14-23)24-19(15-6-4-7-15)22-17-8-5-12-21-20(17)24/h2,5,8,12,15-16H,1,3-4,6-7,9-11,13-14H2. The van der Waals surface area contributed by atoms with Gasteiger partial charge in [-0.3, -0.25) is 4.79 Å². The van der Waals surface area contributed by atoms with Crippen molar-refractivity contribution in [2.45, 2.75) is 56.9 Å². The molecule has 1 aliphatic heterocycles. The lowest BCUT2D eigenvalue weighted by Gasteiger charge is -2.35. The van der Waals surface area contributed by atoms with E-state index in [0.717, 1.165) is 43.5 Å². The Morgan fingerprint density at radius 1 is 1.28 bits per heavy atom. The van der Waals surface area contributed by atoms with Crippen molar-refractivity contribution in [2.24, 2.45) is 0 Å². The van der Waals surface area contributed by atoms with E-state index in [1.807, 2.05) is 23.2 Å². The van der Waals surface area contributed by atoms with E-state index in [0.29, 0.717) is 18.4 Å². The van der Waals surface area contributed by atoms with Crippen LogP contribution in [0.15, 0.2) is 31.0 Å². The number of carbonyl (C=O) groups excluding carboxylic acids is 1. The van der Waals surface area contributed by atoms with Crippen molar-refractivity contribution >= 4 is 17.1 Å². The summed E-state index contributed by atoms with van der Waals surface area (Å²) in [5.74, 6) is 2.06. The van der Waals surface area contributed by atoms with E-state index in [1.165, 1.54) is 25.1 Å². The quantitative estimate of drug-likeness (QED) is 0.779. The van der Waals surface area contributed by atoms with E-state index < -0.39 is 0 Å². The second-order valence-electron chi connectivity index (χ2n) is 7.25. The predicted molar refractivity (Wildman–Crippen MR) is 98.4 cm³/mol. The number of rotatable bonds is 5. The molecule has 132 valence electrons. The van der Waals surface area contributed by atoms with Gasteiger partial charge in [0.05, 0.1) is 0 Å². The predicted octanol–water partition coefficient (Wildman–Crippen LogP) is 3.83. The van der Waals surface area contributed by atoms with Gasteiger partial charge < -0.3 is 9.47 Å². The molecule has 5 nitrogen and oxygen atoms in total. The summed E-state index contributed by atoms with van der Waals surface area (Å²) < 4.78 is 2.39. The average molecular weight is 338 g/mol. The maximum absolute atomic E-state index is 12.2. The van der Waals surface area contributed by atoms with Gasteiger partial charge in [0.2, 0.25) is 5.91 Å². The van der Waals surface area contributed by atoms with Gasteiger partial charge in [-0.1, -0.05) is 12.5 Å². The monoisotopic (exact) mass is 338 g/mol. The summed E-state index contributed by atoms with van der Waals surface area (Å²) in [5.41, 5.74) is 2.02. The van der Waals surface area contributed by atoms with Crippen molar-refractivity contribution in [1.82, 2.24) is 19.4 Å². The van der Waals surface area contributed by atoms with Gasteiger partial charge in [0, 0.05) is 37.7 Å². The van der Waals surface area contributed by atoms with Crippen molar-refractivity contribution in [3.8, 4) is 0 Å². The molecule has 0 aromatic carbocycles. The van der Waals surface area contributed by atoms with Gasteiger partial charge in [0.1, 0.15) is 11.3 Å². The number of piperidine rings is 1. The van der Waals surface area contributed by atoms with E-state index in [-0.39, 0.29) is 5.91 Å². The largest absolute Gasteiger partial charge is 0.343 e. The van der Waals surface area contributed by atoms with Crippen LogP contribution in [0, 0.1) is 0 Å². The second kappa shape index (κ2) is 6.98. The zero-order valence-corrected chi connectivity index (χ0v) is 14.7. The molecule has 2 aliphatic rings. The molecule has 0 unspecified atom stereocenters. The summed E-state index contributed by atoms with van der Waals surface area (Å²) in [6.45, 7) is 5.37. The van der Waals surface area contributed by atoms with Crippen LogP contribution in [-0.4, -0.2) is 38.4 Å². The lowest BCUT2D eigenvalue weighted by molar-refractivity contribution is -0.132. The summed E-state index contributed by atoms with van der Waals surface area (Å²) in [4.78, 5) is 23.8. The number of hydrogen-bond acceptors (Lipinski definition) is 3. The zero-order chi connectivity index (χ0) is 17.2. The Morgan fingerprint density at radius 2 is 2.08 bits per heavy atom. The lowest BCUT2D eigenvalue weighted by Crippen LogP contribution is -2.39. The Labute approximate surface area is 148 Å². The molecule has 5 heteroatoms. The molecule has 1 saturated heterocycles. The van der Waals surface area contributed by atoms with Gasteiger partial charge in [0.25, 0.3) is 0 Å². The molecule has 25 heavy (non-hydrogen) atoms. The Morgan fingerprint density at radius 3 is 2.76 bits per heavy atom. The van der Waals surface area contributed by atoms with Crippen LogP contribution < -0.4 is 0 Å². The van der Waals surface area contributed by atoms with Gasteiger partial charge in [-0.25, -0.2) is 9.97 Å². The minimum atomic E-state index is 0.256. The third-order valence-electron chi connectivity index (χ3n) is 5.69. The van der Waals surface area contributed by atoms with Crippen LogP contribution in [0.3, 0.4) is 0 Å². The normalized spacial score (nSPS) is 19.1. The van der Waals surface area contributed by atoms with E-state index >= 15 is 0 Å². The number of likely N-dealkylation sites (tertiary alicyclic amines) is 1. The van der Waals surface area contributed by atoms with E-state index in [2.05, 4.69) is 22.2 Å². The van der Waals surface area contributed by atoms with Crippen molar-refractivity contribution in [3.63, 3.8) is 0 Å².